The van der Waals surface area contributed by atoms with Crippen LogP contribution in [0.15, 0.2) is 22.8 Å². The van der Waals surface area contributed by atoms with Crippen molar-refractivity contribution >= 4 is 11.0 Å². The summed E-state index contributed by atoms with van der Waals surface area (Å²) in [6, 6.07) is 4.25. The first-order chi connectivity index (χ1) is 6.74. The molecule has 0 atom stereocenters. The number of nitrogens with one attached hydrogen (secondary N) is 1. The van der Waals surface area contributed by atoms with E-state index in [1.54, 1.807) is 0 Å². The molecule has 1 aromatic heterocycles. The van der Waals surface area contributed by atoms with Gasteiger partial charge in [0.05, 0.1) is 6.26 Å². The number of fused-ring (bicyclic) bond motifs is 1. The molecule has 0 saturated carbocycles. The van der Waals surface area contributed by atoms with Crippen LogP contribution in [-0.2, 0) is 6.54 Å². The van der Waals surface area contributed by atoms with Crippen LogP contribution in [0.5, 0.6) is 0 Å². The van der Waals surface area contributed by atoms with Gasteiger partial charge in [-0.2, -0.15) is 0 Å². The van der Waals surface area contributed by atoms with Gasteiger partial charge in [-0.1, -0.05) is 12.1 Å². The topological polar surface area (TPSA) is 25.2 Å². The van der Waals surface area contributed by atoms with Crippen LogP contribution in [0.1, 0.15) is 16.7 Å². The first kappa shape index (κ1) is 9.28. The molecule has 2 rings (SSSR count). The van der Waals surface area contributed by atoms with E-state index in [0.717, 1.165) is 12.1 Å². The summed E-state index contributed by atoms with van der Waals surface area (Å²) in [5.74, 6) is 0. The third kappa shape index (κ3) is 1.32. The molecule has 1 heterocycles. The summed E-state index contributed by atoms with van der Waals surface area (Å²) in [6.07, 6.45) is 1.85. The quantitative estimate of drug-likeness (QED) is 0.785. The van der Waals surface area contributed by atoms with Crippen LogP contribution in [0.4, 0.5) is 0 Å². The third-order valence-electron chi connectivity index (χ3n) is 2.57. The fourth-order valence-electron chi connectivity index (χ4n) is 1.85. The summed E-state index contributed by atoms with van der Waals surface area (Å²) in [6.45, 7) is 5.06. The van der Waals surface area contributed by atoms with Crippen molar-refractivity contribution in [2.24, 2.45) is 0 Å². The minimum Gasteiger partial charge on any atom is -0.464 e. The van der Waals surface area contributed by atoms with Crippen molar-refractivity contribution in [2.45, 2.75) is 20.4 Å². The minimum atomic E-state index is 0.858. The predicted molar refractivity (Wildman–Crippen MR) is 58.5 cm³/mol. The summed E-state index contributed by atoms with van der Waals surface area (Å²) in [5.41, 5.74) is 4.75. The summed E-state index contributed by atoms with van der Waals surface area (Å²) in [7, 11) is 1.95. The molecular formula is C12H15NO. The van der Waals surface area contributed by atoms with Gasteiger partial charge in [0.2, 0.25) is 0 Å². The SMILES string of the molecule is CNCc1coc2c(C)ccc(C)c12. The maximum Gasteiger partial charge on any atom is 0.137 e. The van der Waals surface area contributed by atoms with Crippen molar-refractivity contribution in [1.82, 2.24) is 5.32 Å². The van der Waals surface area contributed by atoms with Crippen molar-refractivity contribution in [3.05, 3.63) is 35.1 Å². The fraction of sp³-hybridized carbons (Fsp3) is 0.333. The number of hydrogen-bond acceptors (Lipinski definition) is 2. The lowest BCUT2D eigenvalue weighted by atomic mass is 10.0. The Balaban J connectivity index is 2.70. The average Bonchev–Trinajstić information content (AvgIpc) is 2.58. The molecule has 1 N–H and O–H groups in total. The maximum atomic E-state index is 5.57. The molecule has 0 amide bonds. The Morgan fingerprint density at radius 2 is 1.93 bits per heavy atom. The highest BCUT2D eigenvalue weighted by Gasteiger charge is 2.09. The molecule has 0 fully saturated rings. The van der Waals surface area contributed by atoms with Gasteiger partial charge >= 0.3 is 0 Å². The monoisotopic (exact) mass is 189 g/mol. The molecule has 0 bridgehead atoms. The van der Waals surface area contributed by atoms with E-state index >= 15 is 0 Å². The van der Waals surface area contributed by atoms with Crippen LogP contribution in [0, 0.1) is 13.8 Å². The van der Waals surface area contributed by atoms with Gasteiger partial charge in [-0.3, -0.25) is 0 Å². The molecule has 0 aliphatic rings. The second-order valence-electron chi connectivity index (χ2n) is 3.69. The molecule has 74 valence electrons. The highest BCUT2D eigenvalue weighted by atomic mass is 16.3. The Morgan fingerprint density at radius 3 is 2.64 bits per heavy atom. The number of benzene rings is 1. The van der Waals surface area contributed by atoms with Crippen molar-refractivity contribution < 1.29 is 4.42 Å². The van der Waals surface area contributed by atoms with Gasteiger partial charge in [-0.15, -0.1) is 0 Å². The van der Waals surface area contributed by atoms with E-state index in [2.05, 4.69) is 31.3 Å². The number of furan rings is 1. The van der Waals surface area contributed by atoms with Crippen LogP contribution >= 0.6 is 0 Å². The third-order valence-corrected chi connectivity index (χ3v) is 2.57. The molecule has 2 aromatic rings. The lowest BCUT2D eigenvalue weighted by Crippen LogP contribution is -2.04. The van der Waals surface area contributed by atoms with E-state index < -0.39 is 0 Å². The van der Waals surface area contributed by atoms with E-state index in [9.17, 15) is 0 Å². The van der Waals surface area contributed by atoms with E-state index in [1.165, 1.54) is 22.1 Å². The Hall–Kier alpha value is -1.28. The van der Waals surface area contributed by atoms with Crippen molar-refractivity contribution in [2.75, 3.05) is 7.05 Å². The minimum absolute atomic E-state index is 0.858. The van der Waals surface area contributed by atoms with Crippen LogP contribution < -0.4 is 5.32 Å². The van der Waals surface area contributed by atoms with E-state index in [0.29, 0.717) is 0 Å². The first-order valence-corrected chi connectivity index (χ1v) is 4.85. The van der Waals surface area contributed by atoms with Crippen molar-refractivity contribution in [1.29, 1.82) is 0 Å². The largest absolute Gasteiger partial charge is 0.464 e. The Bertz CT molecular complexity index is 457. The maximum absolute atomic E-state index is 5.57. The van der Waals surface area contributed by atoms with E-state index in [-0.39, 0.29) is 0 Å². The molecule has 1 aromatic carbocycles. The van der Waals surface area contributed by atoms with Crippen LogP contribution in [-0.4, -0.2) is 7.05 Å². The molecule has 0 unspecified atom stereocenters. The molecule has 14 heavy (non-hydrogen) atoms. The van der Waals surface area contributed by atoms with Crippen molar-refractivity contribution in [3.63, 3.8) is 0 Å². The standard InChI is InChI=1S/C12H15NO/c1-8-4-5-9(2)12-11(8)10(6-13-3)7-14-12/h4-5,7,13H,6H2,1-3H3. The zero-order chi connectivity index (χ0) is 10.1. The first-order valence-electron chi connectivity index (χ1n) is 4.85. The molecule has 2 nitrogen and oxygen atoms in total. The molecule has 0 aliphatic heterocycles. The van der Waals surface area contributed by atoms with Gasteiger partial charge in [-0.05, 0) is 32.0 Å². The fourth-order valence-corrected chi connectivity index (χ4v) is 1.85. The zero-order valence-corrected chi connectivity index (χ0v) is 8.85. The summed E-state index contributed by atoms with van der Waals surface area (Å²) in [5, 5.41) is 4.41. The molecule has 2 heteroatoms. The predicted octanol–water partition coefficient (Wildman–Crippen LogP) is 2.77. The van der Waals surface area contributed by atoms with Gasteiger partial charge in [0.15, 0.2) is 0 Å². The summed E-state index contributed by atoms with van der Waals surface area (Å²) in [4.78, 5) is 0. The number of hydrogen-bond donors (Lipinski definition) is 1. The van der Waals surface area contributed by atoms with Crippen LogP contribution in [0.25, 0.3) is 11.0 Å². The summed E-state index contributed by atoms with van der Waals surface area (Å²) < 4.78 is 5.57. The van der Waals surface area contributed by atoms with Gasteiger partial charge in [0.25, 0.3) is 0 Å². The Labute approximate surface area is 83.9 Å². The van der Waals surface area contributed by atoms with E-state index in [4.69, 9.17) is 4.42 Å². The van der Waals surface area contributed by atoms with Gasteiger partial charge < -0.3 is 9.73 Å². The normalized spacial score (nSPS) is 11.1. The van der Waals surface area contributed by atoms with Crippen molar-refractivity contribution in [3.8, 4) is 0 Å². The summed E-state index contributed by atoms with van der Waals surface area (Å²) >= 11 is 0. The number of rotatable bonds is 2. The Kier molecular flexibility index (Phi) is 2.30. The second-order valence-corrected chi connectivity index (χ2v) is 3.69. The smallest absolute Gasteiger partial charge is 0.137 e. The van der Waals surface area contributed by atoms with Gasteiger partial charge in [-0.25, -0.2) is 0 Å². The lowest BCUT2D eigenvalue weighted by Gasteiger charge is -2.01. The molecule has 0 aliphatic carbocycles. The number of aryl methyl sites for hydroxylation is 2. The molecule has 0 spiro atoms. The highest BCUT2D eigenvalue weighted by molar-refractivity contribution is 5.86. The average molecular weight is 189 g/mol. The molecule has 0 radical (unpaired) electrons. The van der Waals surface area contributed by atoms with E-state index in [1.807, 2.05) is 13.3 Å². The zero-order valence-electron chi connectivity index (χ0n) is 8.85. The van der Waals surface area contributed by atoms with Gasteiger partial charge in [0, 0.05) is 17.5 Å². The van der Waals surface area contributed by atoms with Crippen LogP contribution in [0.3, 0.4) is 0 Å². The molecular weight excluding hydrogens is 174 g/mol. The second kappa shape index (κ2) is 3.46. The molecule has 0 saturated heterocycles. The van der Waals surface area contributed by atoms with Crippen LogP contribution in [0.2, 0.25) is 0 Å². The van der Waals surface area contributed by atoms with Gasteiger partial charge in [0.1, 0.15) is 5.58 Å². The Morgan fingerprint density at radius 1 is 1.21 bits per heavy atom. The lowest BCUT2D eigenvalue weighted by molar-refractivity contribution is 0.605. The highest BCUT2D eigenvalue weighted by Crippen LogP contribution is 2.27.